The molecular formula is C18H23N3O3. The van der Waals surface area contributed by atoms with Crippen LogP contribution in [0.15, 0.2) is 42.7 Å². The summed E-state index contributed by atoms with van der Waals surface area (Å²) in [4.78, 5) is 23.4. The topological polar surface area (TPSA) is 73.2 Å². The van der Waals surface area contributed by atoms with E-state index in [4.69, 9.17) is 4.74 Å². The Kier molecular flexibility index (Phi) is 5.73. The number of aromatic nitrogens is 2. The molecule has 0 saturated heterocycles. The molecule has 0 aliphatic rings. The van der Waals surface area contributed by atoms with Crippen LogP contribution in [0.4, 0.5) is 0 Å². The lowest BCUT2D eigenvalue weighted by Gasteiger charge is -2.17. The summed E-state index contributed by atoms with van der Waals surface area (Å²) >= 11 is 0. The largest absolute Gasteiger partial charge is 0.461 e. The van der Waals surface area contributed by atoms with E-state index in [0.29, 0.717) is 0 Å². The van der Waals surface area contributed by atoms with Crippen LogP contribution in [-0.4, -0.2) is 28.2 Å². The van der Waals surface area contributed by atoms with Gasteiger partial charge in [-0.15, -0.1) is 0 Å². The Balaban J connectivity index is 1.73. The number of carbonyl (C=O) groups excluding carboxylic acids is 2. The average Bonchev–Trinajstić information content (AvgIpc) is 3.07. The number of hydrogen-bond donors (Lipinski definition) is 1. The number of hydrogen-bond acceptors (Lipinski definition) is 4. The fourth-order valence-corrected chi connectivity index (χ4v) is 1.95. The van der Waals surface area contributed by atoms with Gasteiger partial charge in [-0.25, -0.2) is 4.68 Å². The Morgan fingerprint density at radius 2 is 1.92 bits per heavy atom. The lowest BCUT2D eigenvalue weighted by atomic mass is 9.96. The SMILES string of the molecule is CC(C)(C)C(=O)NCCC(=O)OCc1ccc(-n2cccn2)cc1. The predicted molar refractivity (Wildman–Crippen MR) is 90.4 cm³/mol. The highest BCUT2D eigenvalue weighted by Gasteiger charge is 2.20. The highest BCUT2D eigenvalue weighted by Crippen LogP contribution is 2.12. The number of benzene rings is 1. The first kappa shape index (κ1) is 17.7. The zero-order valence-electron chi connectivity index (χ0n) is 14.3. The molecule has 0 saturated carbocycles. The van der Waals surface area contributed by atoms with Crippen LogP contribution in [-0.2, 0) is 20.9 Å². The number of nitrogens with one attached hydrogen (secondary N) is 1. The Morgan fingerprint density at radius 3 is 2.50 bits per heavy atom. The smallest absolute Gasteiger partial charge is 0.307 e. The number of amides is 1. The minimum Gasteiger partial charge on any atom is -0.461 e. The molecule has 0 fully saturated rings. The molecule has 2 aromatic rings. The lowest BCUT2D eigenvalue weighted by molar-refractivity contribution is -0.144. The molecular weight excluding hydrogens is 306 g/mol. The van der Waals surface area contributed by atoms with Crippen molar-refractivity contribution in [3.05, 3.63) is 48.3 Å². The molecule has 0 atom stereocenters. The van der Waals surface area contributed by atoms with Crippen molar-refractivity contribution in [2.75, 3.05) is 6.54 Å². The number of nitrogens with zero attached hydrogens (tertiary/aromatic N) is 2. The van der Waals surface area contributed by atoms with Gasteiger partial charge in [0.05, 0.1) is 12.1 Å². The first-order valence-corrected chi connectivity index (χ1v) is 7.89. The molecule has 0 radical (unpaired) electrons. The first-order valence-electron chi connectivity index (χ1n) is 7.89. The van der Waals surface area contributed by atoms with E-state index in [1.165, 1.54) is 0 Å². The van der Waals surface area contributed by atoms with E-state index >= 15 is 0 Å². The van der Waals surface area contributed by atoms with Crippen LogP contribution in [0.5, 0.6) is 0 Å². The molecule has 0 spiro atoms. The second-order valence-corrected chi connectivity index (χ2v) is 6.53. The van der Waals surface area contributed by atoms with Crippen LogP contribution in [0, 0.1) is 5.41 Å². The zero-order chi connectivity index (χ0) is 17.6. The van der Waals surface area contributed by atoms with E-state index in [9.17, 15) is 9.59 Å². The summed E-state index contributed by atoms with van der Waals surface area (Å²) in [6, 6.07) is 9.48. The van der Waals surface area contributed by atoms with Crippen LogP contribution in [0.25, 0.3) is 5.69 Å². The van der Waals surface area contributed by atoms with Crippen LogP contribution in [0.1, 0.15) is 32.8 Å². The molecule has 1 aromatic heterocycles. The third-order valence-corrected chi connectivity index (χ3v) is 3.40. The number of rotatable bonds is 6. The van der Waals surface area contributed by atoms with Crippen molar-refractivity contribution in [1.82, 2.24) is 15.1 Å². The molecule has 1 aromatic carbocycles. The maximum atomic E-state index is 11.7. The van der Waals surface area contributed by atoms with Gasteiger partial charge in [-0.05, 0) is 23.8 Å². The molecule has 0 unspecified atom stereocenters. The lowest BCUT2D eigenvalue weighted by Crippen LogP contribution is -2.36. The molecule has 128 valence electrons. The van der Waals surface area contributed by atoms with E-state index in [-0.39, 0.29) is 31.4 Å². The molecule has 2 rings (SSSR count). The van der Waals surface area contributed by atoms with Crippen molar-refractivity contribution in [1.29, 1.82) is 0 Å². The van der Waals surface area contributed by atoms with E-state index < -0.39 is 5.41 Å². The molecule has 1 N–H and O–H groups in total. The summed E-state index contributed by atoms with van der Waals surface area (Å²) in [6.45, 7) is 5.98. The normalized spacial score (nSPS) is 11.1. The molecule has 1 heterocycles. The van der Waals surface area contributed by atoms with Crippen LogP contribution >= 0.6 is 0 Å². The quantitative estimate of drug-likeness (QED) is 0.826. The van der Waals surface area contributed by atoms with Gasteiger partial charge in [0.1, 0.15) is 6.61 Å². The highest BCUT2D eigenvalue weighted by atomic mass is 16.5. The maximum absolute atomic E-state index is 11.7. The molecule has 1 amide bonds. The molecule has 0 aliphatic heterocycles. The van der Waals surface area contributed by atoms with Crippen LogP contribution in [0.2, 0.25) is 0 Å². The minimum absolute atomic E-state index is 0.0792. The third kappa shape index (κ3) is 5.22. The highest BCUT2D eigenvalue weighted by molar-refractivity contribution is 5.81. The van der Waals surface area contributed by atoms with Crippen molar-refractivity contribution in [3.63, 3.8) is 0 Å². The Labute approximate surface area is 141 Å². The summed E-state index contributed by atoms with van der Waals surface area (Å²) < 4.78 is 6.97. The zero-order valence-corrected chi connectivity index (χ0v) is 14.3. The number of carbonyl (C=O) groups is 2. The fraction of sp³-hybridized carbons (Fsp3) is 0.389. The summed E-state index contributed by atoms with van der Waals surface area (Å²) in [6.07, 6.45) is 3.74. The third-order valence-electron chi connectivity index (χ3n) is 3.40. The van der Waals surface area contributed by atoms with Gasteiger partial charge in [0, 0.05) is 24.4 Å². The van der Waals surface area contributed by atoms with Crippen LogP contribution in [0.3, 0.4) is 0 Å². The van der Waals surface area contributed by atoms with Crippen molar-refractivity contribution < 1.29 is 14.3 Å². The van der Waals surface area contributed by atoms with E-state index in [1.807, 2.05) is 57.3 Å². The van der Waals surface area contributed by atoms with Crippen molar-refractivity contribution >= 4 is 11.9 Å². The molecule has 6 nitrogen and oxygen atoms in total. The fourth-order valence-electron chi connectivity index (χ4n) is 1.95. The minimum atomic E-state index is -0.458. The molecule has 6 heteroatoms. The first-order chi connectivity index (χ1) is 11.4. The van der Waals surface area contributed by atoms with Gasteiger partial charge in [-0.1, -0.05) is 32.9 Å². The van der Waals surface area contributed by atoms with Gasteiger partial charge in [0.15, 0.2) is 0 Å². The summed E-state index contributed by atoms with van der Waals surface area (Å²) in [5.41, 5.74) is 1.39. The van der Waals surface area contributed by atoms with E-state index in [0.717, 1.165) is 11.3 Å². The Morgan fingerprint density at radius 1 is 1.21 bits per heavy atom. The molecule has 0 bridgehead atoms. The summed E-state index contributed by atoms with van der Waals surface area (Å²) in [5, 5.41) is 6.88. The monoisotopic (exact) mass is 329 g/mol. The maximum Gasteiger partial charge on any atom is 0.307 e. The summed E-state index contributed by atoms with van der Waals surface area (Å²) in [7, 11) is 0. The van der Waals surface area contributed by atoms with E-state index in [1.54, 1.807) is 10.9 Å². The second kappa shape index (κ2) is 7.77. The van der Waals surface area contributed by atoms with Crippen molar-refractivity contribution in [2.45, 2.75) is 33.8 Å². The molecule has 24 heavy (non-hydrogen) atoms. The van der Waals surface area contributed by atoms with Gasteiger partial charge >= 0.3 is 5.97 Å². The van der Waals surface area contributed by atoms with Crippen LogP contribution < -0.4 is 5.32 Å². The second-order valence-electron chi connectivity index (χ2n) is 6.53. The van der Waals surface area contributed by atoms with Gasteiger partial charge < -0.3 is 10.1 Å². The van der Waals surface area contributed by atoms with Crippen molar-refractivity contribution in [2.24, 2.45) is 5.41 Å². The van der Waals surface area contributed by atoms with Crippen molar-refractivity contribution in [3.8, 4) is 5.69 Å². The Bertz CT molecular complexity index is 671. The number of esters is 1. The molecule has 0 aliphatic carbocycles. The standard InChI is InChI=1S/C18H23N3O3/c1-18(2,3)17(23)19-11-9-16(22)24-13-14-5-7-15(8-6-14)21-12-4-10-20-21/h4-8,10,12H,9,11,13H2,1-3H3,(H,19,23). The predicted octanol–water partition coefficient (Wildman–Crippen LogP) is 2.47. The van der Waals surface area contributed by atoms with E-state index in [2.05, 4.69) is 10.4 Å². The Hall–Kier alpha value is -2.63. The number of ether oxygens (including phenoxy) is 1. The van der Waals surface area contributed by atoms with Gasteiger partial charge in [0.2, 0.25) is 5.91 Å². The van der Waals surface area contributed by atoms with Gasteiger partial charge in [-0.3, -0.25) is 9.59 Å². The average molecular weight is 329 g/mol. The van der Waals surface area contributed by atoms with Gasteiger partial charge in [0.25, 0.3) is 0 Å². The van der Waals surface area contributed by atoms with Gasteiger partial charge in [-0.2, -0.15) is 5.10 Å². The summed E-state index contributed by atoms with van der Waals surface area (Å²) in [5.74, 6) is -0.412.